The molecule has 8 nitrogen and oxygen atoms in total. The summed E-state index contributed by atoms with van der Waals surface area (Å²) in [4.78, 5) is 39.0. The first-order chi connectivity index (χ1) is 14.5. The Labute approximate surface area is 171 Å². The molecule has 2 heterocycles. The van der Waals surface area contributed by atoms with Gasteiger partial charge in [0, 0.05) is 19.0 Å². The summed E-state index contributed by atoms with van der Waals surface area (Å²) in [5.74, 6) is -0.366. The smallest absolute Gasteiger partial charge is 0.336 e. The topological polar surface area (TPSA) is 95.5 Å². The van der Waals surface area contributed by atoms with Crippen LogP contribution in [0.2, 0.25) is 0 Å². The maximum Gasteiger partial charge on any atom is 0.336 e. The number of ether oxygens (including phenoxy) is 1. The van der Waals surface area contributed by atoms with Gasteiger partial charge < -0.3 is 14.5 Å². The number of hydrogen-bond acceptors (Lipinski definition) is 5. The number of carbonyl (C=O) groups excluding carboxylic acids is 1. The molecule has 4 rings (SSSR count). The Morgan fingerprint density at radius 2 is 1.83 bits per heavy atom. The fourth-order valence-corrected chi connectivity index (χ4v) is 3.41. The van der Waals surface area contributed by atoms with Crippen molar-refractivity contribution in [2.45, 2.75) is 13.5 Å². The summed E-state index contributed by atoms with van der Waals surface area (Å²) in [6.07, 6.45) is 0. The van der Waals surface area contributed by atoms with Crippen molar-refractivity contribution < 1.29 is 13.9 Å². The molecule has 0 radical (unpaired) electrons. The Balaban J connectivity index is 1.97. The molecule has 2 aromatic heterocycles. The van der Waals surface area contributed by atoms with Gasteiger partial charge in [0.15, 0.2) is 0 Å². The Morgan fingerprint density at radius 3 is 2.57 bits per heavy atom. The van der Waals surface area contributed by atoms with E-state index in [1.165, 1.54) is 11.7 Å². The van der Waals surface area contributed by atoms with E-state index in [1.807, 2.05) is 19.1 Å². The minimum atomic E-state index is -0.607. The highest BCUT2D eigenvalue weighted by atomic mass is 16.5. The van der Waals surface area contributed by atoms with Crippen LogP contribution in [-0.4, -0.2) is 35.3 Å². The molecular weight excluding hydrogens is 386 g/mol. The molecule has 154 valence electrons. The number of benzene rings is 2. The van der Waals surface area contributed by atoms with Crippen molar-refractivity contribution in [3.8, 4) is 5.69 Å². The van der Waals surface area contributed by atoms with E-state index in [4.69, 9.17) is 9.15 Å². The molecule has 30 heavy (non-hydrogen) atoms. The van der Waals surface area contributed by atoms with Crippen LogP contribution in [0.15, 0.2) is 62.5 Å². The van der Waals surface area contributed by atoms with E-state index in [0.29, 0.717) is 35.3 Å². The van der Waals surface area contributed by atoms with Crippen LogP contribution in [0.4, 0.5) is 0 Å². The lowest BCUT2D eigenvalue weighted by Gasteiger charge is -2.12. The van der Waals surface area contributed by atoms with Crippen LogP contribution >= 0.6 is 0 Å². The molecule has 0 atom stereocenters. The number of para-hydroxylation sites is 1. The lowest BCUT2D eigenvalue weighted by Crippen LogP contribution is -2.42. The highest BCUT2D eigenvalue weighted by Crippen LogP contribution is 2.25. The summed E-state index contributed by atoms with van der Waals surface area (Å²) in [6, 6.07) is 14.1. The van der Waals surface area contributed by atoms with Gasteiger partial charge >= 0.3 is 11.2 Å². The molecule has 4 aromatic rings. The number of methoxy groups -OCH3 is 1. The molecule has 0 aliphatic carbocycles. The van der Waals surface area contributed by atoms with Crippen LogP contribution in [-0.2, 0) is 16.1 Å². The second-order valence-electron chi connectivity index (χ2n) is 6.96. The Kier molecular flexibility index (Phi) is 5.24. The van der Waals surface area contributed by atoms with Gasteiger partial charge in [-0.2, -0.15) is 0 Å². The summed E-state index contributed by atoms with van der Waals surface area (Å²) >= 11 is 0. The minimum Gasteiger partial charge on any atom is -0.449 e. The largest absolute Gasteiger partial charge is 0.449 e. The molecule has 0 aliphatic heterocycles. The third-order valence-electron chi connectivity index (χ3n) is 4.88. The Hall–Kier alpha value is -3.65. The van der Waals surface area contributed by atoms with Crippen molar-refractivity contribution >= 4 is 28.0 Å². The van der Waals surface area contributed by atoms with Crippen LogP contribution in [0, 0.1) is 6.92 Å². The third kappa shape index (κ3) is 3.42. The molecule has 0 aliphatic rings. The van der Waals surface area contributed by atoms with E-state index < -0.39 is 11.2 Å². The van der Waals surface area contributed by atoms with Gasteiger partial charge in [0.05, 0.1) is 12.3 Å². The highest BCUT2D eigenvalue weighted by molar-refractivity contribution is 6.02. The quantitative estimate of drug-likeness (QED) is 0.493. The third-order valence-corrected chi connectivity index (χ3v) is 4.88. The van der Waals surface area contributed by atoms with Gasteiger partial charge in [0.25, 0.3) is 0 Å². The van der Waals surface area contributed by atoms with Crippen molar-refractivity contribution in [3.63, 3.8) is 0 Å². The molecule has 0 spiro atoms. The van der Waals surface area contributed by atoms with Gasteiger partial charge in [-0.25, -0.2) is 9.36 Å². The minimum absolute atomic E-state index is 0.0288. The number of aromatic nitrogens is 2. The average Bonchev–Trinajstić information content (AvgIpc) is 3.13. The second-order valence-corrected chi connectivity index (χ2v) is 6.96. The van der Waals surface area contributed by atoms with Crippen molar-refractivity contribution in [1.82, 2.24) is 14.5 Å². The van der Waals surface area contributed by atoms with Gasteiger partial charge in [-0.15, -0.1) is 0 Å². The SMILES string of the molecule is COCCNC(=O)Cn1c(=O)n(-c2ccc(C)cc2)c(=O)c2oc3ccccc3c21. The van der Waals surface area contributed by atoms with Gasteiger partial charge in [0.1, 0.15) is 17.6 Å². The molecule has 2 aromatic carbocycles. The van der Waals surface area contributed by atoms with Gasteiger partial charge in [-0.1, -0.05) is 29.8 Å². The first-order valence-electron chi connectivity index (χ1n) is 9.51. The first kappa shape index (κ1) is 19.7. The van der Waals surface area contributed by atoms with Gasteiger partial charge in [-0.05, 0) is 31.2 Å². The Bertz CT molecular complexity index is 1350. The van der Waals surface area contributed by atoms with Crippen LogP contribution in [0.1, 0.15) is 5.56 Å². The molecule has 0 saturated carbocycles. The molecular formula is C22H21N3O5. The molecule has 0 bridgehead atoms. The number of nitrogens with one attached hydrogen (secondary N) is 1. The van der Waals surface area contributed by atoms with E-state index in [1.54, 1.807) is 36.4 Å². The number of nitrogens with zero attached hydrogens (tertiary/aromatic N) is 2. The number of hydrogen-bond donors (Lipinski definition) is 1. The Morgan fingerprint density at radius 1 is 1.10 bits per heavy atom. The summed E-state index contributed by atoms with van der Waals surface area (Å²) in [6.45, 7) is 2.33. The fraction of sp³-hybridized carbons (Fsp3) is 0.227. The van der Waals surface area contributed by atoms with Gasteiger partial charge in [-0.3, -0.25) is 14.2 Å². The van der Waals surface area contributed by atoms with Crippen LogP contribution in [0.5, 0.6) is 0 Å². The van der Waals surface area contributed by atoms with Crippen LogP contribution in [0.3, 0.4) is 0 Å². The van der Waals surface area contributed by atoms with E-state index in [9.17, 15) is 14.4 Å². The number of furan rings is 1. The first-order valence-corrected chi connectivity index (χ1v) is 9.51. The van der Waals surface area contributed by atoms with E-state index in [2.05, 4.69) is 5.32 Å². The van der Waals surface area contributed by atoms with Crippen molar-refractivity contribution in [2.24, 2.45) is 0 Å². The summed E-state index contributed by atoms with van der Waals surface area (Å²) in [5.41, 5.74) is 1.04. The molecule has 0 saturated heterocycles. The normalized spacial score (nSPS) is 11.3. The number of amides is 1. The second kappa shape index (κ2) is 8.00. The predicted octanol–water partition coefficient (Wildman–Crippen LogP) is 1.97. The predicted molar refractivity (Wildman–Crippen MR) is 113 cm³/mol. The monoisotopic (exact) mass is 407 g/mol. The number of rotatable bonds is 6. The van der Waals surface area contributed by atoms with Crippen molar-refractivity contribution in [2.75, 3.05) is 20.3 Å². The maximum atomic E-state index is 13.4. The summed E-state index contributed by atoms with van der Waals surface area (Å²) in [7, 11) is 1.54. The number of carbonyl (C=O) groups is 1. The zero-order valence-electron chi connectivity index (χ0n) is 16.7. The van der Waals surface area contributed by atoms with Crippen molar-refractivity contribution in [1.29, 1.82) is 0 Å². The maximum absolute atomic E-state index is 13.4. The molecule has 1 N–H and O–H groups in total. The van der Waals surface area contributed by atoms with E-state index in [0.717, 1.165) is 10.1 Å². The average molecular weight is 407 g/mol. The van der Waals surface area contributed by atoms with Crippen molar-refractivity contribution in [3.05, 3.63) is 74.9 Å². The number of fused-ring (bicyclic) bond motifs is 3. The van der Waals surface area contributed by atoms with Crippen LogP contribution in [0.25, 0.3) is 27.8 Å². The van der Waals surface area contributed by atoms with Gasteiger partial charge in [0.2, 0.25) is 11.5 Å². The molecule has 8 heteroatoms. The zero-order valence-corrected chi connectivity index (χ0v) is 16.7. The van der Waals surface area contributed by atoms with E-state index in [-0.39, 0.29) is 18.0 Å². The summed E-state index contributed by atoms with van der Waals surface area (Å²) in [5, 5.41) is 3.30. The molecule has 0 fully saturated rings. The number of aryl methyl sites for hydroxylation is 1. The van der Waals surface area contributed by atoms with E-state index >= 15 is 0 Å². The lowest BCUT2D eigenvalue weighted by atomic mass is 10.2. The molecule has 1 amide bonds. The molecule has 0 unspecified atom stereocenters. The fourth-order valence-electron chi connectivity index (χ4n) is 3.41. The standard InChI is InChI=1S/C22H21N3O5/c1-14-7-9-15(10-8-14)25-21(27)20-19(16-5-3-4-6-17(16)30-20)24(22(25)28)13-18(26)23-11-12-29-2/h3-10H,11-13H2,1-2H3,(H,23,26). The lowest BCUT2D eigenvalue weighted by molar-refractivity contribution is -0.121. The zero-order chi connectivity index (χ0) is 21.3. The van der Waals surface area contributed by atoms with Crippen LogP contribution < -0.4 is 16.6 Å². The highest BCUT2D eigenvalue weighted by Gasteiger charge is 2.21. The summed E-state index contributed by atoms with van der Waals surface area (Å²) < 4.78 is 13.1.